The SMILES string of the molecule is NC(=O)OC1C(NC(=O)C2=CCCC=C2O)=CC(=O)C2OC21. The normalized spacial score (nSPS) is 29.5. The van der Waals surface area contributed by atoms with Crippen molar-refractivity contribution in [1.29, 1.82) is 0 Å². The van der Waals surface area contributed by atoms with Gasteiger partial charge in [0.25, 0.3) is 5.91 Å². The number of fused-ring (bicyclic) bond motifs is 1. The first kappa shape index (κ1) is 14.3. The molecule has 22 heavy (non-hydrogen) atoms. The number of rotatable bonds is 3. The van der Waals surface area contributed by atoms with E-state index >= 15 is 0 Å². The second-order valence-electron chi connectivity index (χ2n) is 5.12. The van der Waals surface area contributed by atoms with Gasteiger partial charge in [0.2, 0.25) is 0 Å². The molecule has 0 aromatic rings. The highest BCUT2D eigenvalue weighted by molar-refractivity contribution is 6.02. The molecule has 2 amide bonds. The third-order valence-corrected chi connectivity index (χ3v) is 3.58. The van der Waals surface area contributed by atoms with Crippen LogP contribution in [0.3, 0.4) is 0 Å². The van der Waals surface area contributed by atoms with Crippen LogP contribution in [-0.2, 0) is 19.1 Å². The molecule has 0 aromatic carbocycles. The molecule has 1 fully saturated rings. The van der Waals surface area contributed by atoms with Crippen molar-refractivity contribution in [2.75, 3.05) is 0 Å². The topological polar surface area (TPSA) is 131 Å². The van der Waals surface area contributed by atoms with Crippen molar-refractivity contribution < 1.29 is 29.0 Å². The number of carbonyl (C=O) groups excluding carboxylic acids is 3. The Bertz CT molecular complexity index is 648. The molecule has 2 aliphatic carbocycles. The number of epoxide rings is 1. The molecule has 8 heteroatoms. The van der Waals surface area contributed by atoms with Crippen LogP contribution < -0.4 is 11.1 Å². The maximum Gasteiger partial charge on any atom is 0.405 e. The predicted molar refractivity (Wildman–Crippen MR) is 72.4 cm³/mol. The molecular formula is C14H14N2O6. The lowest BCUT2D eigenvalue weighted by Gasteiger charge is -2.22. The predicted octanol–water partition coefficient (Wildman–Crippen LogP) is -0.0374. The molecule has 0 aromatic heterocycles. The highest BCUT2D eigenvalue weighted by Crippen LogP contribution is 2.35. The van der Waals surface area contributed by atoms with E-state index in [1.807, 2.05) is 0 Å². The summed E-state index contributed by atoms with van der Waals surface area (Å²) in [6.07, 6.45) is 2.28. The lowest BCUT2D eigenvalue weighted by molar-refractivity contribution is -0.117. The number of ether oxygens (including phenoxy) is 2. The van der Waals surface area contributed by atoms with Crippen LogP contribution in [0.5, 0.6) is 0 Å². The van der Waals surface area contributed by atoms with E-state index in [4.69, 9.17) is 15.2 Å². The van der Waals surface area contributed by atoms with Gasteiger partial charge in [0.05, 0.1) is 11.3 Å². The summed E-state index contributed by atoms with van der Waals surface area (Å²) in [5.41, 5.74) is 5.19. The smallest absolute Gasteiger partial charge is 0.405 e. The van der Waals surface area contributed by atoms with Crippen molar-refractivity contribution in [2.45, 2.75) is 31.2 Å². The number of hydrogen-bond donors (Lipinski definition) is 3. The van der Waals surface area contributed by atoms with Gasteiger partial charge in [-0.3, -0.25) is 9.59 Å². The number of aliphatic hydroxyl groups is 1. The second-order valence-corrected chi connectivity index (χ2v) is 5.12. The van der Waals surface area contributed by atoms with Gasteiger partial charge in [-0.1, -0.05) is 6.08 Å². The summed E-state index contributed by atoms with van der Waals surface area (Å²) in [7, 11) is 0. The third-order valence-electron chi connectivity index (χ3n) is 3.58. The van der Waals surface area contributed by atoms with Gasteiger partial charge in [0.15, 0.2) is 18.0 Å². The molecule has 1 aliphatic heterocycles. The van der Waals surface area contributed by atoms with Gasteiger partial charge in [0, 0.05) is 6.08 Å². The number of ketones is 1. The maximum absolute atomic E-state index is 12.2. The minimum absolute atomic E-state index is 0.0897. The van der Waals surface area contributed by atoms with E-state index in [0.29, 0.717) is 12.8 Å². The van der Waals surface area contributed by atoms with Crippen LogP contribution in [0.15, 0.2) is 35.3 Å². The van der Waals surface area contributed by atoms with Crippen LogP contribution in [0.25, 0.3) is 0 Å². The Morgan fingerprint density at radius 1 is 1.36 bits per heavy atom. The summed E-state index contributed by atoms with van der Waals surface area (Å²) in [5, 5.41) is 12.2. The van der Waals surface area contributed by atoms with Crippen molar-refractivity contribution in [2.24, 2.45) is 5.73 Å². The Labute approximate surface area is 125 Å². The molecule has 1 heterocycles. The average molecular weight is 306 g/mol. The number of allylic oxidation sites excluding steroid dienone is 2. The Hall–Kier alpha value is -2.61. The number of carbonyl (C=O) groups is 3. The van der Waals surface area contributed by atoms with Crippen LogP contribution in [0.2, 0.25) is 0 Å². The van der Waals surface area contributed by atoms with Crippen LogP contribution in [-0.4, -0.2) is 41.2 Å². The molecule has 0 spiro atoms. The Morgan fingerprint density at radius 2 is 2.09 bits per heavy atom. The highest BCUT2D eigenvalue weighted by atomic mass is 16.6. The van der Waals surface area contributed by atoms with Crippen LogP contribution in [0.4, 0.5) is 4.79 Å². The Morgan fingerprint density at radius 3 is 2.77 bits per heavy atom. The van der Waals surface area contributed by atoms with Crippen molar-refractivity contribution >= 4 is 17.8 Å². The number of nitrogens with two attached hydrogens (primary N) is 1. The molecule has 1 saturated heterocycles. The largest absolute Gasteiger partial charge is 0.507 e. The van der Waals surface area contributed by atoms with E-state index in [1.54, 1.807) is 6.08 Å². The van der Waals surface area contributed by atoms with Gasteiger partial charge in [-0.2, -0.15) is 0 Å². The van der Waals surface area contributed by atoms with Crippen LogP contribution >= 0.6 is 0 Å². The molecule has 8 nitrogen and oxygen atoms in total. The van der Waals surface area contributed by atoms with Gasteiger partial charge < -0.3 is 25.6 Å². The third kappa shape index (κ3) is 2.60. The summed E-state index contributed by atoms with van der Waals surface area (Å²) < 4.78 is 10.0. The molecule has 4 N–H and O–H groups in total. The first-order valence-corrected chi connectivity index (χ1v) is 6.75. The zero-order valence-electron chi connectivity index (χ0n) is 11.4. The van der Waals surface area contributed by atoms with Crippen molar-refractivity contribution in [3.8, 4) is 0 Å². The number of amides is 2. The number of aliphatic hydroxyl groups excluding tert-OH is 1. The van der Waals surface area contributed by atoms with Crippen molar-refractivity contribution in [3.63, 3.8) is 0 Å². The fraction of sp³-hybridized carbons (Fsp3) is 0.357. The van der Waals surface area contributed by atoms with E-state index < -0.39 is 30.3 Å². The van der Waals surface area contributed by atoms with E-state index in [1.165, 1.54) is 6.08 Å². The van der Waals surface area contributed by atoms with Gasteiger partial charge in [-0.15, -0.1) is 0 Å². The molecular weight excluding hydrogens is 292 g/mol. The summed E-state index contributed by atoms with van der Waals surface area (Å²) in [5.74, 6) is -1.04. The molecule has 0 saturated carbocycles. The first-order valence-electron chi connectivity index (χ1n) is 6.75. The minimum atomic E-state index is -1.03. The van der Waals surface area contributed by atoms with Crippen LogP contribution in [0.1, 0.15) is 12.8 Å². The summed E-state index contributed by atoms with van der Waals surface area (Å²) in [6, 6.07) is 0. The second kappa shape index (κ2) is 5.30. The van der Waals surface area contributed by atoms with Crippen molar-refractivity contribution in [3.05, 3.63) is 35.3 Å². The quantitative estimate of drug-likeness (QED) is 0.627. The molecule has 3 atom stereocenters. The summed E-state index contributed by atoms with van der Waals surface area (Å²) in [6.45, 7) is 0. The Balaban J connectivity index is 1.78. The van der Waals surface area contributed by atoms with Gasteiger partial charge in [-0.25, -0.2) is 4.79 Å². The molecule has 3 unspecified atom stereocenters. The zero-order chi connectivity index (χ0) is 15.9. The van der Waals surface area contributed by atoms with E-state index in [9.17, 15) is 19.5 Å². The lowest BCUT2D eigenvalue weighted by atomic mass is 9.99. The molecule has 0 bridgehead atoms. The number of primary amides is 1. The molecule has 3 rings (SSSR count). The highest BCUT2D eigenvalue weighted by Gasteiger charge is 2.55. The summed E-state index contributed by atoms with van der Waals surface area (Å²) >= 11 is 0. The zero-order valence-corrected chi connectivity index (χ0v) is 11.4. The standard InChI is InChI=1S/C14H14N2O6/c15-14(20)22-10-7(5-9(18)11-12(10)21-11)16-13(19)6-3-1-2-4-8(6)17/h3-5,10-12,17H,1-2H2,(H2,15,20)(H,16,19). The number of nitrogens with one attached hydrogen (secondary N) is 1. The minimum Gasteiger partial charge on any atom is -0.507 e. The molecule has 0 radical (unpaired) electrons. The van der Waals surface area contributed by atoms with Crippen LogP contribution in [0, 0.1) is 0 Å². The Kier molecular flexibility index (Phi) is 3.45. The molecule has 3 aliphatic rings. The van der Waals surface area contributed by atoms with Gasteiger partial charge in [0.1, 0.15) is 11.9 Å². The molecule has 116 valence electrons. The average Bonchev–Trinajstić information content (AvgIpc) is 3.24. The maximum atomic E-state index is 12.2. The lowest BCUT2D eigenvalue weighted by Crippen LogP contribution is -2.41. The van der Waals surface area contributed by atoms with Crippen molar-refractivity contribution in [1.82, 2.24) is 5.32 Å². The van der Waals surface area contributed by atoms with E-state index in [2.05, 4.69) is 5.32 Å². The van der Waals surface area contributed by atoms with E-state index in [0.717, 1.165) is 6.08 Å². The summed E-state index contributed by atoms with van der Waals surface area (Å²) in [4.78, 5) is 34.8. The van der Waals surface area contributed by atoms with Gasteiger partial charge in [-0.05, 0) is 18.9 Å². The first-order chi connectivity index (χ1) is 10.5. The number of hydrogen-bond acceptors (Lipinski definition) is 6. The van der Waals surface area contributed by atoms with Gasteiger partial charge >= 0.3 is 6.09 Å². The fourth-order valence-corrected chi connectivity index (χ4v) is 2.51. The van der Waals surface area contributed by atoms with E-state index in [-0.39, 0.29) is 22.8 Å². The fourth-order valence-electron chi connectivity index (χ4n) is 2.51. The monoisotopic (exact) mass is 306 g/mol.